The molecule has 1 aliphatic rings. The van der Waals surface area contributed by atoms with Crippen molar-refractivity contribution in [2.45, 2.75) is 32.7 Å². The van der Waals surface area contributed by atoms with E-state index in [0.717, 1.165) is 38.0 Å². The molecule has 1 amide bonds. The summed E-state index contributed by atoms with van der Waals surface area (Å²) < 4.78 is 0. The van der Waals surface area contributed by atoms with Gasteiger partial charge in [0.05, 0.1) is 12.0 Å². The van der Waals surface area contributed by atoms with Gasteiger partial charge in [0.2, 0.25) is 5.91 Å². The SMILES string of the molecule is CCN(CC)C(=O)C1CCCN(N)C1c1ccccc1. The van der Waals surface area contributed by atoms with Crippen LogP contribution in [0.25, 0.3) is 0 Å². The van der Waals surface area contributed by atoms with Crippen molar-refractivity contribution in [1.82, 2.24) is 9.91 Å². The smallest absolute Gasteiger partial charge is 0.227 e. The molecule has 1 heterocycles. The first-order chi connectivity index (χ1) is 9.69. The second-order valence-electron chi connectivity index (χ2n) is 5.35. The average molecular weight is 275 g/mol. The molecule has 1 fully saturated rings. The summed E-state index contributed by atoms with van der Waals surface area (Å²) >= 11 is 0. The zero-order chi connectivity index (χ0) is 14.5. The van der Waals surface area contributed by atoms with E-state index >= 15 is 0 Å². The molecular weight excluding hydrogens is 250 g/mol. The standard InChI is InChI=1S/C16H25N3O/c1-3-18(4-2)16(20)14-11-8-12-19(17)15(14)13-9-6-5-7-10-13/h5-7,9-10,14-15H,3-4,8,11-12,17H2,1-2H3. The molecule has 0 aliphatic carbocycles. The summed E-state index contributed by atoms with van der Waals surface area (Å²) in [5.41, 5.74) is 1.14. The molecule has 0 saturated carbocycles. The van der Waals surface area contributed by atoms with Crippen LogP contribution in [0.3, 0.4) is 0 Å². The van der Waals surface area contributed by atoms with Crippen LogP contribution in [0, 0.1) is 5.92 Å². The van der Waals surface area contributed by atoms with Gasteiger partial charge in [-0.15, -0.1) is 0 Å². The molecule has 1 aromatic carbocycles. The minimum Gasteiger partial charge on any atom is -0.343 e. The zero-order valence-corrected chi connectivity index (χ0v) is 12.5. The number of nitrogens with two attached hydrogens (primary N) is 1. The van der Waals surface area contributed by atoms with Crippen LogP contribution in [0.1, 0.15) is 38.3 Å². The van der Waals surface area contributed by atoms with Crippen molar-refractivity contribution in [3.05, 3.63) is 35.9 Å². The Balaban J connectivity index is 2.27. The first kappa shape index (κ1) is 15.0. The van der Waals surface area contributed by atoms with E-state index in [-0.39, 0.29) is 17.9 Å². The highest BCUT2D eigenvalue weighted by Crippen LogP contribution is 2.35. The number of carbonyl (C=O) groups is 1. The molecule has 0 aromatic heterocycles. The van der Waals surface area contributed by atoms with Crippen LogP contribution in [0.2, 0.25) is 0 Å². The van der Waals surface area contributed by atoms with E-state index in [0.29, 0.717) is 0 Å². The van der Waals surface area contributed by atoms with E-state index in [1.54, 1.807) is 0 Å². The molecule has 0 bridgehead atoms. The number of benzene rings is 1. The van der Waals surface area contributed by atoms with Crippen molar-refractivity contribution in [1.29, 1.82) is 0 Å². The Morgan fingerprint density at radius 3 is 2.55 bits per heavy atom. The lowest BCUT2D eigenvalue weighted by Gasteiger charge is -2.40. The van der Waals surface area contributed by atoms with Crippen molar-refractivity contribution < 1.29 is 4.79 Å². The Bertz CT molecular complexity index is 431. The molecular formula is C16H25N3O. The third-order valence-corrected chi connectivity index (χ3v) is 4.20. The van der Waals surface area contributed by atoms with Gasteiger partial charge in [0.15, 0.2) is 0 Å². The number of rotatable bonds is 4. The van der Waals surface area contributed by atoms with E-state index in [1.165, 1.54) is 0 Å². The Morgan fingerprint density at radius 1 is 1.30 bits per heavy atom. The van der Waals surface area contributed by atoms with Crippen molar-refractivity contribution in [2.24, 2.45) is 11.8 Å². The van der Waals surface area contributed by atoms with E-state index in [1.807, 2.05) is 42.0 Å². The number of nitrogens with zero attached hydrogens (tertiary/aromatic N) is 2. The van der Waals surface area contributed by atoms with E-state index in [2.05, 4.69) is 12.1 Å². The van der Waals surface area contributed by atoms with Gasteiger partial charge in [-0.3, -0.25) is 10.6 Å². The van der Waals surface area contributed by atoms with Crippen molar-refractivity contribution in [3.63, 3.8) is 0 Å². The number of hydrogen-bond donors (Lipinski definition) is 1. The van der Waals surface area contributed by atoms with Gasteiger partial charge >= 0.3 is 0 Å². The maximum Gasteiger partial charge on any atom is 0.227 e. The average Bonchev–Trinajstić information content (AvgIpc) is 2.49. The van der Waals surface area contributed by atoms with Crippen LogP contribution in [0.5, 0.6) is 0 Å². The molecule has 1 saturated heterocycles. The summed E-state index contributed by atoms with van der Waals surface area (Å²) in [6, 6.07) is 10.1. The molecule has 1 aliphatic heterocycles. The monoisotopic (exact) mass is 275 g/mol. The van der Waals surface area contributed by atoms with Crippen LogP contribution in [0.4, 0.5) is 0 Å². The van der Waals surface area contributed by atoms with Crippen LogP contribution in [-0.4, -0.2) is 35.5 Å². The number of hydrogen-bond acceptors (Lipinski definition) is 3. The molecule has 110 valence electrons. The molecule has 2 N–H and O–H groups in total. The van der Waals surface area contributed by atoms with Crippen molar-refractivity contribution in [3.8, 4) is 0 Å². The lowest BCUT2D eigenvalue weighted by atomic mass is 9.84. The fourth-order valence-electron chi connectivity index (χ4n) is 3.12. The summed E-state index contributed by atoms with van der Waals surface area (Å²) in [5, 5.41) is 1.84. The molecule has 20 heavy (non-hydrogen) atoms. The van der Waals surface area contributed by atoms with Crippen LogP contribution in [0.15, 0.2) is 30.3 Å². The Labute approximate surface area is 121 Å². The number of amides is 1. The summed E-state index contributed by atoms with van der Waals surface area (Å²) in [7, 11) is 0. The summed E-state index contributed by atoms with van der Waals surface area (Å²) in [4.78, 5) is 14.6. The third kappa shape index (κ3) is 3.02. The highest BCUT2D eigenvalue weighted by molar-refractivity contribution is 5.80. The fraction of sp³-hybridized carbons (Fsp3) is 0.562. The van der Waals surface area contributed by atoms with Crippen molar-refractivity contribution >= 4 is 5.91 Å². The highest BCUT2D eigenvalue weighted by atomic mass is 16.2. The highest BCUT2D eigenvalue weighted by Gasteiger charge is 2.37. The van der Waals surface area contributed by atoms with Gasteiger partial charge in [0.1, 0.15) is 0 Å². The maximum atomic E-state index is 12.7. The lowest BCUT2D eigenvalue weighted by molar-refractivity contribution is -0.139. The Hall–Kier alpha value is -1.39. The largest absolute Gasteiger partial charge is 0.343 e. The molecule has 2 rings (SSSR count). The van der Waals surface area contributed by atoms with Gasteiger partial charge < -0.3 is 4.90 Å². The number of piperidine rings is 1. The zero-order valence-electron chi connectivity index (χ0n) is 12.5. The van der Waals surface area contributed by atoms with Crippen molar-refractivity contribution in [2.75, 3.05) is 19.6 Å². The second-order valence-corrected chi connectivity index (χ2v) is 5.35. The predicted molar refractivity (Wildman–Crippen MR) is 80.7 cm³/mol. The Kier molecular flexibility index (Phi) is 5.15. The first-order valence-corrected chi connectivity index (χ1v) is 7.54. The van der Waals surface area contributed by atoms with Gasteiger partial charge in [0, 0.05) is 19.6 Å². The Morgan fingerprint density at radius 2 is 1.95 bits per heavy atom. The van der Waals surface area contributed by atoms with E-state index in [4.69, 9.17) is 5.84 Å². The van der Waals surface area contributed by atoms with Crippen LogP contribution >= 0.6 is 0 Å². The topological polar surface area (TPSA) is 49.6 Å². The van der Waals surface area contributed by atoms with Gasteiger partial charge in [-0.1, -0.05) is 30.3 Å². The van der Waals surface area contributed by atoms with Gasteiger partial charge in [0.25, 0.3) is 0 Å². The quantitative estimate of drug-likeness (QED) is 0.857. The molecule has 2 unspecified atom stereocenters. The number of carbonyl (C=O) groups excluding carboxylic acids is 1. The third-order valence-electron chi connectivity index (χ3n) is 4.20. The molecule has 4 heteroatoms. The van der Waals surface area contributed by atoms with E-state index in [9.17, 15) is 4.79 Å². The summed E-state index contributed by atoms with van der Waals surface area (Å²) in [6.07, 6.45) is 1.90. The van der Waals surface area contributed by atoms with Gasteiger partial charge in [-0.25, -0.2) is 5.01 Å². The molecule has 0 radical (unpaired) electrons. The summed E-state index contributed by atoms with van der Waals surface area (Å²) in [5.74, 6) is 6.39. The fourth-order valence-corrected chi connectivity index (χ4v) is 3.12. The first-order valence-electron chi connectivity index (χ1n) is 7.54. The van der Waals surface area contributed by atoms with E-state index < -0.39 is 0 Å². The second kappa shape index (κ2) is 6.86. The minimum atomic E-state index is -0.0314. The predicted octanol–water partition coefficient (Wildman–Crippen LogP) is 2.18. The minimum absolute atomic E-state index is 0.00181. The lowest BCUT2D eigenvalue weighted by Crippen LogP contribution is -2.49. The molecule has 1 aromatic rings. The molecule has 4 nitrogen and oxygen atoms in total. The van der Waals surface area contributed by atoms with Crippen LogP contribution in [-0.2, 0) is 4.79 Å². The summed E-state index contributed by atoms with van der Waals surface area (Å²) in [6.45, 7) is 6.43. The molecule has 0 spiro atoms. The molecule has 2 atom stereocenters. The normalized spacial score (nSPS) is 23.6. The maximum absolute atomic E-state index is 12.7. The van der Waals surface area contributed by atoms with Gasteiger partial charge in [-0.05, 0) is 32.3 Å². The van der Waals surface area contributed by atoms with Gasteiger partial charge in [-0.2, -0.15) is 0 Å². The van der Waals surface area contributed by atoms with Crippen LogP contribution < -0.4 is 5.84 Å². The number of hydrazine groups is 1.